The van der Waals surface area contributed by atoms with Crippen LogP contribution in [0.2, 0.25) is 10.2 Å². The number of piperidine rings is 1. The van der Waals surface area contributed by atoms with Gasteiger partial charge in [-0.1, -0.05) is 23.2 Å². The third-order valence-electron chi connectivity index (χ3n) is 3.44. The van der Waals surface area contributed by atoms with Crippen LogP contribution in [0, 0.1) is 5.92 Å². The summed E-state index contributed by atoms with van der Waals surface area (Å²) < 4.78 is 0. The Morgan fingerprint density at radius 3 is 2.89 bits per heavy atom. The quantitative estimate of drug-likeness (QED) is 0.879. The van der Waals surface area contributed by atoms with Gasteiger partial charge >= 0.3 is 0 Å². The summed E-state index contributed by atoms with van der Waals surface area (Å²) in [6.45, 7) is 3.45. The fraction of sp³-hybridized carbons (Fsp3) is 0.583. The molecule has 1 aromatic rings. The van der Waals surface area contributed by atoms with Crippen LogP contribution in [-0.4, -0.2) is 34.9 Å². The molecule has 0 aromatic carbocycles. The van der Waals surface area contributed by atoms with Crippen molar-refractivity contribution in [2.24, 2.45) is 11.7 Å². The molecule has 0 bridgehead atoms. The maximum absolute atomic E-state index is 12.3. The summed E-state index contributed by atoms with van der Waals surface area (Å²) in [5, 5.41) is 0.682. The van der Waals surface area contributed by atoms with Crippen molar-refractivity contribution in [1.29, 1.82) is 0 Å². The van der Waals surface area contributed by atoms with Gasteiger partial charge in [-0.15, -0.1) is 0 Å². The van der Waals surface area contributed by atoms with Gasteiger partial charge in [0.2, 0.25) is 0 Å². The van der Waals surface area contributed by atoms with Gasteiger partial charge in [-0.2, -0.15) is 0 Å². The lowest BCUT2D eigenvalue weighted by atomic mass is 9.92. The lowest BCUT2D eigenvalue weighted by Gasteiger charge is -2.34. The summed E-state index contributed by atoms with van der Waals surface area (Å²) in [5.74, 6) is 0.303. The fourth-order valence-corrected chi connectivity index (χ4v) is 2.63. The SMILES string of the molecule is C[C@@H](N)[C@@H]1CCCN(C(=O)c2cc(Cl)c(Cl)[nH]2)C1. The molecule has 18 heavy (non-hydrogen) atoms. The molecule has 1 aliphatic heterocycles. The lowest BCUT2D eigenvalue weighted by Crippen LogP contribution is -2.45. The van der Waals surface area contributed by atoms with E-state index in [0.29, 0.717) is 28.3 Å². The molecule has 0 saturated carbocycles. The van der Waals surface area contributed by atoms with Crippen molar-refractivity contribution >= 4 is 29.1 Å². The molecule has 0 radical (unpaired) electrons. The second-order valence-electron chi connectivity index (χ2n) is 4.86. The first kappa shape index (κ1) is 13.7. The van der Waals surface area contributed by atoms with Crippen molar-refractivity contribution in [3.05, 3.63) is 21.9 Å². The van der Waals surface area contributed by atoms with Crippen LogP contribution in [-0.2, 0) is 0 Å². The highest BCUT2D eigenvalue weighted by molar-refractivity contribution is 6.41. The maximum Gasteiger partial charge on any atom is 0.270 e. The van der Waals surface area contributed by atoms with E-state index >= 15 is 0 Å². The Hall–Kier alpha value is -0.710. The van der Waals surface area contributed by atoms with E-state index in [1.807, 2.05) is 11.8 Å². The molecule has 0 aliphatic carbocycles. The molecule has 100 valence electrons. The Morgan fingerprint density at radius 1 is 1.61 bits per heavy atom. The molecule has 0 unspecified atom stereocenters. The van der Waals surface area contributed by atoms with Crippen molar-refractivity contribution in [3.63, 3.8) is 0 Å². The molecule has 0 spiro atoms. The van der Waals surface area contributed by atoms with E-state index in [9.17, 15) is 4.79 Å². The number of H-pyrrole nitrogens is 1. The second kappa shape index (κ2) is 5.51. The van der Waals surface area contributed by atoms with Crippen LogP contribution in [0.3, 0.4) is 0 Å². The highest BCUT2D eigenvalue weighted by atomic mass is 35.5. The highest BCUT2D eigenvalue weighted by Crippen LogP contribution is 2.25. The number of hydrogen-bond acceptors (Lipinski definition) is 2. The number of hydrogen-bond donors (Lipinski definition) is 2. The van der Waals surface area contributed by atoms with E-state index < -0.39 is 0 Å². The van der Waals surface area contributed by atoms with Crippen molar-refractivity contribution in [2.45, 2.75) is 25.8 Å². The molecule has 1 aliphatic rings. The van der Waals surface area contributed by atoms with Crippen molar-refractivity contribution in [2.75, 3.05) is 13.1 Å². The van der Waals surface area contributed by atoms with E-state index in [1.165, 1.54) is 0 Å². The zero-order valence-corrected chi connectivity index (χ0v) is 11.8. The van der Waals surface area contributed by atoms with Gasteiger partial charge in [-0.05, 0) is 31.7 Å². The number of carbonyl (C=O) groups is 1. The van der Waals surface area contributed by atoms with Gasteiger partial charge < -0.3 is 15.6 Å². The fourth-order valence-electron chi connectivity index (χ4n) is 2.31. The molecule has 1 saturated heterocycles. The van der Waals surface area contributed by atoms with Crippen LogP contribution in [0.5, 0.6) is 0 Å². The molecule has 2 atom stereocenters. The van der Waals surface area contributed by atoms with Crippen molar-refractivity contribution in [3.8, 4) is 0 Å². The summed E-state index contributed by atoms with van der Waals surface area (Å²) in [6, 6.07) is 1.68. The number of carbonyl (C=O) groups excluding carboxylic acids is 1. The minimum atomic E-state index is -0.0610. The van der Waals surface area contributed by atoms with E-state index in [-0.39, 0.29) is 11.9 Å². The summed E-state index contributed by atoms with van der Waals surface area (Å²) >= 11 is 11.7. The predicted molar refractivity (Wildman–Crippen MR) is 73.1 cm³/mol. The van der Waals surface area contributed by atoms with Crippen molar-refractivity contribution < 1.29 is 4.79 Å². The summed E-state index contributed by atoms with van der Waals surface area (Å²) in [4.78, 5) is 16.9. The minimum Gasteiger partial charge on any atom is -0.340 e. The van der Waals surface area contributed by atoms with Gasteiger partial charge in [0, 0.05) is 19.1 Å². The van der Waals surface area contributed by atoms with Gasteiger partial charge in [0.15, 0.2) is 0 Å². The van der Waals surface area contributed by atoms with Gasteiger partial charge in [-0.25, -0.2) is 0 Å². The van der Waals surface area contributed by atoms with Crippen LogP contribution in [0.25, 0.3) is 0 Å². The summed E-state index contributed by atoms with van der Waals surface area (Å²) in [6.07, 6.45) is 2.06. The molecule has 2 rings (SSSR count). The molecule has 3 N–H and O–H groups in total. The molecular formula is C12H17Cl2N3O. The molecule has 1 amide bonds. The number of aromatic amines is 1. The van der Waals surface area contributed by atoms with Gasteiger partial charge in [-0.3, -0.25) is 4.79 Å². The van der Waals surface area contributed by atoms with E-state index in [4.69, 9.17) is 28.9 Å². The van der Waals surface area contributed by atoms with Gasteiger partial charge in [0.05, 0.1) is 5.02 Å². The smallest absolute Gasteiger partial charge is 0.270 e. The Bertz CT molecular complexity index is 425. The third-order valence-corrected chi connectivity index (χ3v) is 4.14. The molecular weight excluding hydrogens is 273 g/mol. The Labute approximate surface area is 116 Å². The third kappa shape index (κ3) is 2.82. The average Bonchev–Trinajstić information content (AvgIpc) is 2.69. The molecule has 1 aromatic heterocycles. The zero-order valence-electron chi connectivity index (χ0n) is 10.2. The van der Waals surface area contributed by atoms with E-state index in [1.54, 1.807) is 6.07 Å². The Morgan fingerprint density at radius 2 is 2.33 bits per heavy atom. The summed E-state index contributed by atoms with van der Waals surface area (Å²) in [7, 11) is 0. The molecule has 4 nitrogen and oxygen atoms in total. The van der Waals surface area contributed by atoms with Gasteiger partial charge in [0.1, 0.15) is 10.8 Å². The maximum atomic E-state index is 12.3. The lowest BCUT2D eigenvalue weighted by molar-refractivity contribution is 0.0655. The number of nitrogens with zero attached hydrogens (tertiary/aromatic N) is 1. The molecule has 2 heterocycles. The Balaban J connectivity index is 2.09. The van der Waals surface area contributed by atoms with Crippen LogP contribution in [0.4, 0.5) is 0 Å². The van der Waals surface area contributed by atoms with E-state index in [2.05, 4.69) is 4.98 Å². The predicted octanol–water partition coefficient (Wildman–Crippen LogP) is 2.52. The first-order valence-corrected chi connectivity index (χ1v) is 6.83. The number of nitrogens with two attached hydrogens (primary N) is 1. The highest BCUT2D eigenvalue weighted by Gasteiger charge is 2.27. The first-order chi connectivity index (χ1) is 8.49. The molecule has 6 heteroatoms. The number of likely N-dealkylation sites (tertiary alicyclic amines) is 1. The number of rotatable bonds is 2. The number of amides is 1. The minimum absolute atomic E-state index is 0.0610. The topological polar surface area (TPSA) is 62.1 Å². The number of aromatic nitrogens is 1. The monoisotopic (exact) mass is 289 g/mol. The molecule has 1 fully saturated rings. The van der Waals surface area contributed by atoms with Gasteiger partial charge in [0.25, 0.3) is 5.91 Å². The second-order valence-corrected chi connectivity index (χ2v) is 5.64. The largest absolute Gasteiger partial charge is 0.340 e. The Kier molecular flexibility index (Phi) is 4.20. The first-order valence-electron chi connectivity index (χ1n) is 6.08. The standard InChI is InChI=1S/C12H17Cl2N3O/c1-7(15)8-3-2-4-17(6-8)12(18)10-5-9(13)11(14)16-10/h5,7-8,16H,2-4,6,15H2,1H3/t7-,8-/m1/s1. The number of nitrogens with one attached hydrogen (secondary N) is 1. The van der Waals surface area contributed by atoms with Crippen LogP contribution < -0.4 is 5.73 Å². The van der Waals surface area contributed by atoms with Crippen LogP contribution in [0.15, 0.2) is 6.07 Å². The summed E-state index contributed by atoms with van der Waals surface area (Å²) in [5.41, 5.74) is 6.35. The zero-order chi connectivity index (χ0) is 13.3. The van der Waals surface area contributed by atoms with Crippen molar-refractivity contribution in [1.82, 2.24) is 9.88 Å². The van der Waals surface area contributed by atoms with Crippen LogP contribution in [0.1, 0.15) is 30.3 Å². The van der Waals surface area contributed by atoms with Crippen LogP contribution >= 0.6 is 23.2 Å². The normalized spacial score (nSPS) is 22.0. The van der Waals surface area contributed by atoms with E-state index in [0.717, 1.165) is 19.4 Å². The number of halogens is 2. The average molecular weight is 290 g/mol.